The van der Waals surface area contributed by atoms with E-state index in [1.165, 1.54) is 0 Å². The third kappa shape index (κ3) is 5.60. The molecule has 0 spiro atoms. The Morgan fingerprint density at radius 1 is 1.35 bits per heavy atom. The van der Waals surface area contributed by atoms with Crippen molar-refractivity contribution in [2.45, 2.75) is 26.4 Å². The van der Waals surface area contributed by atoms with Crippen molar-refractivity contribution in [2.24, 2.45) is 0 Å². The number of amides is 1. The molecular weight excluding hydrogens is 299 g/mol. The van der Waals surface area contributed by atoms with Crippen LogP contribution in [-0.4, -0.2) is 18.2 Å². The Hall–Kier alpha value is -1.57. The van der Waals surface area contributed by atoms with E-state index in [2.05, 4.69) is 17.2 Å². The summed E-state index contributed by atoms with van der Waals surface area (Å²) in [5.41, 5.74) is 6.00. The lowest BCUT2D eigenvalue weighted by Crippen LogP contribution is -2.32. The molecule has 0 aliphatic heterocycles. The first kappa shape index (κ1) is 16.5. The smallest absolute Gasteiger partial charge is 0.408 e. The zero-order valence-corrected chi connectivity index (χ0v) is 13.0. The molecule has 1 aromatic rings. The minimum Gasteiger partial charge on any atom is -0.444 e. The summed E-state index contributed by atoms with van der Waals surface area (Å²) in [6.07, 6.45) is -0.527. The highest BCUT2D eigenvalue weighted by Gasteiger charge is 2.15. The van der Waals surface area contributed by atoms with Gasteiger partial charge in [0.2, 0.25) is 0 Å². The second-order valence-corrected chi connectivity index (χ2v) is 5.83. The summed E-state index contributed by atoms with van der Waals surface area (Å²) < 4.78 is 5.07. The monoisotopic (exact) mass is 314 g/mol. The standard InChI is InChI=1S/C14H16Cl2N2O2/c1-14(2,3)20-13(19)18-6-4-5-10-11(15)7-9(17)8-12(10)16/h7-8H,6,17H2,1-3H3,(H,18,19). The Kier molecular flexibility index (Phi) is 5.55. The van der Waals surface area contributed by atoms with Crippen molar-refractivity contribution in [3.8, 4) is 11.8 Å². The molecule has 1 aromatic carbocycles. The predicted molar refractivity (Wildman–Crippen MR) is 82.0 cm³/mol. The van der Waals surface area contributed by atoms with E-state index in [4.69, 9.17) is 33.7 Å². The number of anilines is 1. The van der Waals surface area contributed by atoms with Crippen molar-refractivity contribution >= 4 is 35.0 Å². The zero-order valence-electron chi connectivity index (χ0n) is 11.5. The van der Waals surface area contributed by atoms with Crippen molar-refractivity contribution in [1.82, 2.24) is 5.32 Å². The van der Waals surface area contributed by atoms with E-state index in [9.17, 15) is 4.79 Å². The maximum absolute atomic E-state index is 11.4. The molecule has 0 fully saturated rings. The number of hydrogen-bond acceptors (Lipinski definition) is 3. The number of ether oxygens (including phenoxy) is 1. The number of alkyl carbamates (subject to hydrolysis) is 1. The Morgan fingerprint density at radius 2 is 1.90 bits per heavy atom. The fraction of sp³-hybridized carbons (Fsp3) is 0.357. The van der Waals surface area contributed by atoms with Crippen molar-refractivity contribution in [2.75, 3.05) is 12.3 Å². The quantitative estimate of drug-likeness (QED) is 0.616. The average Bonchev–Trinajstić information content (AvgIpc) is 2.23. The zero-order chi connectivity index (χ0) is 15.3. The van der Waals surface area contributed by atoms with E-state index in [-0.39, 0.29) is 6.54 Å². The fourth-order valence-corrected chi connectivity index (χ4v) is 1.87. The van der Waals surface area contributed by atoms with Crippen molar-refractivity contribution < 1.29 is 9.53 Å². The Morgan fingerprint density at radius 3 is 2.40 bits per heavy atom. The van der Waals surface area contributed by atoms with Crippen LogP contribution in [0.25, 0.3) is 0 Å². The molecule has 1 rings (SSSR count). The number of carbonyl (C=O) groups excluding carboxylic acids is 1. The molecular formula is C14H16Cl2N2O2. The number of nitrogen functional groups attached to an aromatic ring is 1. The average molecular weight is 315 g/mol. The lowest BCUT2D eigenvalue weighted by molar-refractivity contribution is 0.0535. The fourth-order valence-electron chi connectivity index (χ4n) is 1.28. The lowest BCUT2D eigenvalue weighted by Gasteiger charge is -2.19. The summed E-state index contributed by atoms with van der Waals surface area (Å²) in [5.74, 6) is 5.53. The molecule has 3 N–H and O–H groups in total. The summed E-state index contributed by atoms with van der Waals surface area (Å²) in [6.45, 7) is 5.48. The van der Waals surface area contributed by atoms with Crippen molar-refractivity contribution in [3.63, 3.8) is 0 Å². The van der Waals surface area contributed by atoms with Crippen LogP contribution in [0, 0.1) is 11.8 Å². The highest BCUT2D eigenvalue weighted by Crippen LogP contribution is 2.26. The van der Waals surface area contributed by atoms with Gasteiger partial charge in [-0.15, -0.1) is 0 Å². The minimum absolute atomic E-state index is 0.131. The van der Waals surface area contributed by atoms with Gasteiger partial charge in [-0.3, -0.25) is 0 Å². The summed E-state index contributed by atoms with van der Waals surface area (Å²) in [4.78, 5) is 11.4. The normalized spacial score (nSPS) is 10.4. The first-order valence-corrected chi connectivity index (χ1v) is 6.65. The van der Waals surface area contributed by atoms with Crippen LogP contribution in [0.4, 0.5) is 10.5 Å². The number of benzene rings is 1. The van der Waals surface area contributed by atoms with Gasteiger partial charge in [-0.1, -0.05) is 35.0 Å². The SMILES string of the molecule is CC(C)(C)OC(=O)NCC#Cc1c(Cl)cc(N)cc1Cl. The predicted octanol–water partition coefficient (Wildman–Crippen LogP) is 3.45. The number of halogens is 2. The van der Waals surface area contributed by atoms with Gasteiger partial charge in [-0.25, -0.2) is 4.79 Å². The van der Waals surface area contributed by atoms with Crippen LogP contribution in [0.3, 0.4) is 0 Å². The number of rotatable bonds is 1. The molecule has 0 heterocycles. The Labute approximate surface area is 128 Å². The van der Waals surface area contributed by atoms with E-state index in [1.807, 2.05) is 0 Å². The summed E-state index contributed by atoms with van der Waals surface area (Å²) in [6, 6.07) is 3.14. The molecule has 0 unspecified atom stereocenters. The largest absolute Gasteiger partial charge is 0.444 e. The Balaban J connectivity index is 2.62. The summed E-state index contributed by atoms with van der Waals surface area (Å²) >= 11 is 12.0. The molecule has 6 heteroatoms. The molecule has 0 radical (unpaired) electrons. The van der Waals surface area contributed by atoms with Gasteiger partial charge in [-0.05, 0) is 32.9 Å². The molecule has 0 bridgehead atoms. The van der Waals surface area contributed by atoms with E-state index < -0.39 is 11.7 Å². The Bertz CT molecular complexity index is 546. The highest BCUT2D eigenvalue weighted by atomic mass is 35.5. The van der Waals surface area contributed by atoms with Gasteiger partial charge in [0.05, 0.1) is 22.2 Å². The summed E-state index contributed by atoms with van der Waals surface area (Å²) in [5, 5.41) is 3.26. The van der Waals surface area contributed by atoms with Gasteiger partial charge in [0.15, 0.2) is 0 Å². The van der Waals surface area contributed by atoms with Gasteiger partial charge in [0.25, 0.3) is 0 Å². The molecule has 0 aromatic heterocycles. The topological polar surface area (TPSA) is 64.3 Å². The molecule has 0 atom stereocenters. The van der Waals surface area contributed by atoms with Crippen LogP contribution in [0.5, 0.6) is 0 Å². The third-order valence-electron chi connectivity index (χ3n) is 2.00. The second kappa shape index (κ2) is 6.74. The van der Waals surface area contributed by atoms with Crippen LogP contribution in [0.2, 0.25) is 10.0 Å². The van der Waals surface area contributed by atoms with E-state index in [0.717, 1.165) is 0 Å². The van der Waals surface area contributed by atoms with Crippen LogP contribution in [0.15, 0.2) is 12.1 Å². The molecule has 0 aliphatic carbocycles. The highest BCUT2D eigenvalue weighted by molar-refractivity contribution is 6.37. The lowest BCUT2D eigenvalue weighted by atomic mass is 10.2. The maximum Gasteiger partial charge on any atom is 0.408 e. The number of hydrogen-bond donors (Lipinski definition) is 2. The number of nitrogens with two attached hydrogens (primary N) is 1. The number of carbonyl (C=O) groups is 1. The van der Waals surface area contributed by atoms with Crippen LogP contribution in [0.1, 0.15) is 26.3 Å². The molecule has 108 valence electrons. The minimum atomic E-state index is -0.541. The van der Waals surface area contributed by atoms with Crippen molar-refractivity contribution in [1.29, 1.82) is 0 Å². The van der Waals surface area contributed by atoms with Crippen LogP contribution >= 0.6 is 23.2 Å². The van der Waals surface area contributed by atoms with Gasteiger partial charge in [0.1, 0.15) is 5.60 Å². The van der Waals surface area contributed by atoms with E-state index in [0.29, 0.717) is 21.3 Å². The molecule has 0 saturated carbocycles. The van der Waals surface area contributed by atoms with Gasteiger partial charge in [-0.2, -0.15) is 0 Å². The van der Waals surface area contributed by atoms with E-state index >= 15 is 0 Å². The van der Waals surface area contributed by atoms with Crippen LogP contribution in [-0.2, 0) is 4.74 Å². The molecule has 1 amide bonds. The second-order valence-electron chi connectivity index (χ2n) is 5.02. The number of nitrogens with one attached hydrogen (secondary N) is 1. The van der Waals surface area contributed by atoms with Crippen LogP contribution < -0.4 is 11.1 Å². The molecule has 0 saturated heterocycles. The van der Waals surface area contributed by atoms with Gasteiger partial charge in [0, 0.05) is 5.69 Å². The molecule has 4 nitrogen and oxygen atoms in total. The van der Waals surface area contributed by atoms with Gasteiger partial charge >= 0.3 is 6.09 Å². The maximum atomic E-state index is 11.4. The van der Waals surface area contributed by atoms with E-state index in [1.54, 1.807) is 32.9 Å². The first-order valence-electron chi connectivity index (χ1n) is 5.89. The molecule has 20 heavy (non-hydrogen) atoms. The van der Waals surface area contributed by atoms with Crippen molar-refractivity contribution in [3.05, 3.63) is 27.7 Å². The summed E-state index contributed by atoms with van der Waals surface area (Å²) in [7, 11) is 0. The first-order chi connectivity index (χ1) is 9.19. The molecule has 0 aliphatic rings. The third-order valence-corrected chi connectivity index (χ3v) is 2.59. The van der Waals surface area contributed by atoms with Gasteiger partial charge < -0.3 is 15.8 Å².